The fraction of sp³-hybridized carbons (Fsp3) is 0.556. The largest absolute Gasteiger partial charge is 0.456 e. The molecule has 0 bridgehead atoms. The first-order valence-corrected chi connectivity index (χ1v) is 3.71. The normalized spacial score (nSPS) is 10.4. The van der Waals surface area contributed by atoms with Crippen LogP contribution in [0.5, 0.6) is 0 Å². The molecular weight excluding hydrogens is 168 g/mol. The molecule has 1 N–H and O–H groups in total. The topological polar surface area (TPSA) is 55.0 Å². The fourth-order valence-corrected chi connectivity index (χ4v) is 0.700. The lowest BCUT2D eigenvalue weighted by Crippen LogP contribution is -2.23. The number of esters is 1. The summed E-state index contributed by atoms with van der Waals surface area (Å²) in [5.74, 6) is -0.351. The minimum absolute atomic E-state index is 0. The molecule has 13 heavy (non-hydrogen) atoms. The number of carbonyl (C=O) groups excluding carboxylic acids is 1. The van der Waals surface area contributed by atoms with Gasteiger partial charge in [-0.25, -0.2) is 4.79 Å². The molecule has 1 heterocycles. The van der Waals surface area contributed by atoms with Crippen LogP contribution >= 0.6 is 0 Å². The lowest BCUT2D eigenvalue weighted by molar-refractivity contribution is 0.00696. The zero-order valence-corrected chi connectivity index (χ0v) is 7.42. The fourth-order valence-electron chi connectivity index (χ4n) is 0.700. The van der Waals surface area contributed by atoms with Gasteiger partial charge in [-0.15, -0.1) is 0 Å². The van der Waals surface area contributed by atoms with E-state index in [1.165, 1.54) is 12.4 Å². The first-order chi connectivity index (χ1) is 5.49. The van der Waals surface area contributed by atoms with Crippen LogP contribution in [0.3, 0.4) is 0 Å². The van der Waals surface area contributed by atoms with Crippen molar-refractivity contribution >= 4 is 5.97 Å². The Kier molecular flexibility index (Phi) is 3.66. The summed E-state index contributed by atoms with van der Waals surface area (Å²) in [6.45, 7) is 5.47. The van der Waals surface area contributed by atoms with Gasteiger partial charge in [0.05, 0.1) is 11.8 Å². The van der Waals surface area contributed by atoms with E-state index in [2.05, 4.69) is 10.2 Å². The van der Waals surface area contributed by atoms with Crippen LogP contribution in [0.4, 0.5) is 0 Å². The number of aromatic amines is 1. The van der Waals surface area contributed by atoms with Gasteiger partial charge in [-0.05, 0) is 20.8 Å². The zero-order valence-electron chi connectivity index (χ0n) is 7.42. The monoisotopic (exact) mass is 184 g/mol. The van der Waals surface area contributed by atoms with Gasteiger partial charge in [0.2, 0.25) is 0 Å². The Bertz CT molecular complexity index is 260. The van der Waals surface area contributed by atoms with Gasteiger partial charge in [-0.3, -0.25) is 5.10 Å². The predicted molar refractivity (Wildman–Crippen MR) is 50.5 cm³/mol. The summed E-state index contributed by atoms with van der Waals surface area (Å²) in [6, 6.07) is 0. The second kappa shape index (κ2) is 4.07. The standard InChI is InChI=1S/C8H12N2O2.CH4/c1-8(2,3)12-7(11)6-4-9-10-5-6;/h4-5H,1-3H3,(H,9,10);1H4. The van der Waals surface area contributed by atoms with Crippen LogP contribution in [-0.4, -0.2) is 21.8 Å². The van der Waals surface area contributed by atoms with E-state index in [9.17, 15) is 4.79 Å². The lowest BCUT2D eigenvalue weighted by Gasteiger charge is -2.18. The third-order valence-electron chi connectivity index (χ3n) is 1.13. The van der Waals surface area contributed by atoms with E-state index in [-0.39, 0.29) is 13.4 Å². The third kappa shape index (κ3) is 3.73. The SMILES string of the molecule is C.CC(C)(C)OC(=O)c1cn[nH]c1. The van der Waals surface area contributed by atoms with Crippen LogP contribution in [0, 0.1) is 0 Å². The smallest absolute Gasteiger partial charge is 0.341 e. The second-order valence-electron chi connectivity index (χ2n) is 3.49. The number of ether oxygens (including phenoxy) is 1. The van der Waals surface area contributed by atoms with Crippen molar-refractivity contribution < 1.29 is 9.53 Å². The van der Waals surface area contributed by atoms with Crippen molar-refractivity contribution in [1.82, 2.24) is 10.2 Å². The molecular formula is C9H16N2O2. The molecule has 74 valence electrons. The molecule has 0 fully saturated rings. The van der Waals surface area contributed by atoms with E-state index in [4.69, 9.17) is 4.74 Å². The average molecular weight is 184 g/mol. The van der Waals surface area contributed by atoms with Crippen molar-refractivity contribution in [3.8, 4) is 0 Å². The first-order valence-electron chi connectivity index (χ1n) is 3.71. The minimum Gasteiger partial charge on any atom is -0.456 e. The lowest BCUT2D eigenvalue weighted by atomic mass is 10.2. The Morgan fingerprint density at radius 3 is 2.54 bits per heavy atom. The third-order valence-corrected chi connectivity index (χ3v) is 1.13. The molecule has 0 amide bonds. The van der Waals surface area contributed by atoms with Gasteiger partial charge in [0.25, 0.3) is 0 Å². The number of H-pyrrole nitrogens is 1. The minimum atomic E-state index is -0.450. The Morgan fingerprint density at radius 1 is 1.54 bits per heavy atom. The van der Waals surface area contributed by atoms with Crippen LogP contribution in [0.1, 0.15) is 38.6 Å². The van der Waals surface area contributed by atoms with E-state index in [1.807, 2.05) is 20.8 Å². The Hall–Kier alpha value is -1.32. The van der Waals surface area contributed by atoms with Gasteiger partial charge in [0, 0.05) is 6.20 Å². The van der Waals surface area contributed by atoms with Crippen LogP contribution in [0.15, 0.2) is 12.4 Å². The summed E-state index contributed by atoms with van der Waals surface area (Å²) in [7, 11) is 0. The van der Waals surface area contributed by atoms with Gasteiger partial charge in [0.15, 0.2) is 0 Å². The van der Waals surface area contributed by atoms with E-state index in [0.29, 0.717) is 5.56 Å². The van der Waals surface area contributed by atoms with Gasteiger partial charge < -0.3 is 4.74 Å². The molecule has 0 aliphatic rings. The van der Waals surface area contributed by atoms with Gasteiger partial charge in [-0.2, -0.15) is 5.10 Å². The molecule has 0 aliphatic heterocycles. The maximum atomic E-state index is 11.2. The van der Waals surface area contributed by atoms with Gasteiger partial charge >= 0.3 is 5.97 Å². The quantitative estimate of drug-likeness (QED) is 0.679. The highest BCUT2D eigenvalue weighted by Gasteiger charge is 2.17. The van der Waals surface area contributed by atoms with E-state index in [0.717, 1.165) is 0 Å². The van der Waals surface area contributed by atoms with E-state index < -0.39 is 5.60 Å². The Morgan fingerprint density at radius 2 is 2.15 bits per heavy atom. The van der Waals surface area contributed by atoms with Crippen molar-refractivity contribution in [2.45, 2.75) is 33.8 Å². The summed E-state index contributed by atoms with van der Waals surface area (Å²) >= 11 is 0. The number of nitrogens with zero attached hydrogens (tertiary/aromatic N) is 1. The number of carbonyl (C=O) groups is 1. The molecule has 0 spiro atoms. The molecule has 0 aliphatic carbocycles. The Balaban J connectivity index is 0.00000144. The molecule has 4 heteroatoms. The molecule has 1 aromatic rings. The van der Waals surface area contributed by atoms with E-state index in [1.54, 1.807) is 0 Å². The molecule has 0 atom stereocenters. The summed E-state index contributed by atoms with van der Waals surface area (Å²) in [5, 5.41) is 6.19. The second-order valence-corrected chi connectivity index (χ2v) is 3.49. The summed E-state index contributed by atoms with van der Waals surface area (Å²) in [5.41, 5.74) is -0.00104. The van der Waals surface area contributed by atoms with Crippen molar-refractivity contribution in [3.63, 3.8) is 0 Å². The van der Waals surface area contributed by atoms with Crippen LogP contribution in [-0.2, 0) is 4.74 Å². The maximum Gasteiger partial charge on any atom is 0.341 e. The molecule has 0 aromatic carbocycles. The zero-order chi connectivity index (χ0) is 9.19. The molecule has 4 nitrogen and oxygen atoms in total. The number of aromatic nitrogens is 2. The summed E-state index contributed by atoms with van der Waals surface area (Å²) < 4.78 is 5.08. The molecule has 0 saturated heterocycles. The number of hydrogen-bond donors (Lipinski definition) is 1. The summed E-state index contributed by atoms with van der Waals surface area (Å²) in [6.07, 6.45) is 2.95. The number of nitrogens with one attached hydrogen (secondary N) is 1. The number of rotatable bonds is 1. The Labute approximate surface area is 78.3 Å². The maximum absolute atomic E-state index is 11.2. The summed E-state index contributed by atoms with van der Waals surface area (Å²) in [4.78, 5) is 11.2. The first kappa shape index (κ1) is 11.7. The van der Waals surface area contributed by atoms with Crippen molar-refractivity contribution in [1.29, 1.82) is 0 Å². The molecule has 0 unspecified atom stereocenters. The van der Waals surface area contributed by atoms with E-state index >= 15 is 0 Å². The van der Waals surface area contributed by atoms with Crippen LogP contribution in [0.2, 0.25) is 0 Å². The van der Waals surface area contributed by atoms with Crippen molar-refractivity contribution in [3.05, 3.63) is 18.0 Å². The number of hydrogen-bond acceptors (Lipinski definition) is 3. The van der Waals surface area contributed by atoms with Crippen LogP contribution in [0.25, 0.3) is 0 Å². The van der Waals surface area contributed by atoms with Gasteiger partial charge in [0.1, 0.15) is 5.60 Å². The van der Waals surface area contributed by atoms with Crippen LogP contribution < -0.4 is 0 Å². The molecule has 0 saturated carbocycles. The van der Waals surface area contributed by atoms with Gasteiger partial charge in [-0.1, -0.05) is 7.43 Å². The van der Waals surface area contributed by atoms with Crippen molar-refractivity contribution in [2.24, 2.45) is 0 Å². The highest BCUT2D eigenvalue weighted by atomic mass is 16.6. The highest BCUT2D eigenvalue weighted by Crippen LogP contribution is 2.10. The molecule has 1 aromatic heterocycles. The highest BCUT2D eigenvalue weighted by molar-refractivity contribution is 5.88. The van der Waals surface area contributed by atoms with Crippen molar-refractivity contribution in [2.75, 3.05) is 0 Å². The molecule has 0 radical (unpaired) electrons. The predicted octanol–water partition coefficient (Wildman–Crippen LogP) is 2.00. The molecule has 1 rings (SSSR count). The average Bonchev–Trinajstić information content (AvgIpc) is 2.32.